The van der Waals surface area contributed by atoms with Crippen molar-refractivity contribution in [3.63, 3.8) is 0 Å². The number of esters is 1. The summed E-state index contributed by atoms with van der Waals surface area (Å²) >= 11 is 0. The molecule has 2 aromatic rings. The van der Waals surface area contributed by atoms with Crippen molar-refractivity contribution < 1.29 is 19.1 Å². The number of anilines is 1. The van der Waals surface area contributed by atoms with Crippen LogP contribution in [0.2, 0.25) is 0 Å². The Kier molecular flexibility index (Phi) is 6.01. The van der Waals surface area contributed by atoms with E-state index in [1.165, 1.54) is 24.5 Å². The van der Waals surface area contributed by atoms with Gasteiger partial charge in [0, 0.05) is 16.9 Å². The molecule has 5 nitrogen and oxygen atoms in total. The largest absolute Gasteiger partial charge is 0.465 e. The Labute approximate surface area is 176 Å². The maximum atomic E-state index is 13.3. The first-order chi connectivity index (χ1) is 14.2. The summed E-state index contributed by atoms with van der Waals surface area (Å²) in [5, 5.41) is 0. The van der Waals surface area contributed by atoms with Crippen LogP contribution in [0.4, 0.5) is 5.69 Å². The van der Waals surface area contributed by atoms with Crippen LogP contribution >= 0.6 is 0 Å². The van der Waals surface area contributed by atoms with E-state index in [0.29, 0.717) is 22.9 Å². The zero-order chi connectivity index (χ0) is 22.0. The number of allylic oxidation sites excluding steroid dienone is 1. The van der Waals surface area contributed by atoms with E-state index >= 15 is 0 Å². The Morgan fingerprint density at radius 3 is 2.30 bits per heavy atom. The van der Waals surface area contributed by atoms with E-state index in [-0.39, 0.29) is 22.8 Å². The molecule has 2 aromatic carbocycles. The highest BCUT2D eigenvalue weighted by Gasteiger charge is 2.38. The molecule has 0 atom stereocenters. The van der Waals surface area contributed by atoms with Gasteiger partial charge in [-0.15, -0.1) is 0 Å². The van der Waals surface area contributed by atoms with Crippen LogP contribution in [0.5, 0.6) is 0 Å². The Morgan fingerprint density at radius 2 is 1.73 bits per heavy atom. The topological polar surface area (TPSA) is 63.7 Å². The Balaban J connectivity index is 2.10. The Bertz CT molecular complexity index is 1070. The molecule has 0 bridgehead atoms. The number of ketones is 1. The fourth-order valence-electron chi connectivity index (χ4n) is 3.50. The van der Waals surface area contributed by atoms with Crippen molar-refractivity contribution in [2.45, 2.75) is 33.6 Å². The molecule has 3 rings (SSSR count). The van der Waals surface area contributed by atoms with Crippen molar-refractivity contribution >= 4 is 29.4 Å². The molecule has 0 aliphatic carbocycles. The molecule has 1 aliphatic heterocycles. The molecule has 1 amide bonds. The Hall–Kier alpha value is -3.47. The van der Waals surface area contributed by atoms with Gasteiger partial charge in [0.05, 0.1) is 18.3 Å². The second kappa shape index (κ2) is 8.49. The van der Waals surface area contributed by atoms with Crippen molar-refractivity contribution in [3.8, 4) is 0 Å². The minimum absolute atomic E-state index is 0.0978. The predicted octanol–water partition coefficient (Wildman–Crippen LogP) is 4.89. The SMILES string of the molecule is COC(=O)C1=C(C)N(c2cccc(C(C)=O)c2)C(=O)/C1=C\c1ccc(C(C)C)cc1. The van der Waals surface area contributed by atoms with E-state index in [1.807, 2.05) is 24.3 Å². The van der Waals surface area contributed by atoms with Crippen LogP contribution in [0, 0.1) is 0 Å². The van der Waals surface area contributed by atoms with Crippen LogP contribution in [-0.2, 0) is 14.3 Å². The lowest BCUT2D eigenvalue weighted by molar-refractivity contribution is -0.136. The highest BCUT2D eigenvalue weighted by molar-refractivity contribution is 6.24. The lowest BCUT2D eigenvalue weighted by atomic mass is 9.99. The molecule has 1 aliphatic rings. The molecule has 0 aromatic heterocycles. The first-order valence-electron chi connectivity index (χ1n) is 9.81. The smallest absolute Gasteiger partial charge is 0.340 e. The van der Waals surface area contributed by atoms with Gasteiger partial charge in [-0.05, 0) is 49.1 Å². The number of methoxy groups -OCH3 is 1. The maximum absolute atomic E-state index is 13.3. The number of Topliss-reactive ketones (excluding diaryl/α,β-unsaturated/α-hetero) is 1. The van der Waals surface area contributed by atoms with Gasteiger partial charge in [0.1, 0.15) is 0 Å². The van der Waals surface area contributed by atoms with Crippen LogP contribution in [0.15, 0.2) is 65.4 Å². The van der Waals surface area contributed by atoms with Gasteiger partial charge in [-0.1, -0.05) is 50.2 Å². The minimum Gasteiger partial charge on any atom is -0.465 e. The first kappa shape index (κ1) is 21.2. The molecule has 0 saturated carbocycles. The summed E-state index contributed by atoms with van der Waals surface area (Å²) in [4.78, 5) is 39.1. The van der Waals surface area contributed by atoms with Gasteiger partial charge in [0.25, 0.3) is 5.91 Å². The van der Waals surface area contributed by atoms with Gasteiger partial charge in [-0.2, -0.15) is 0 Å². The second-order valence-corrected chi connectivity index (χ2v) is 7.58. The van der Waals surface area contributed by atoms with Crippen molar-refractivity contribution in [3.05, 3.63) is 82.1 Å². The number of rotatable bonds is 5. The number of hydrogen-bond donors (Lipinski definition) is 0. The number of ether oxygens (including phenoxy) is 1. The standard InChI is InChI=1S/C25H25NO4/c1-15(2)19-11-9-18(10-12-19)13-22-23(25(29)30-5)16(3)26(24(22)28)21-8-6-7-20(14-21)17(4)27/h6-15H,1-5H3/b22-13-. The van der Waals surface area contributed by atoms with Gasteiger partial charge in [-0.25, -0.2) is 4.79 Å². The van der Waals surface area contributed by atoms with E-state index in [4.69, 9.17) is 4.74 Å². The third-order valence-corrected chi connectivity index (χ3v) is 5.21. The summed E-state index contributed by atoms with van der Waals surface area (Å²) in [5.41, 5.74) is 4.00. The van der Waals surface area contributed by atoms with E-state index < -0.39 is 5.97 Å². The molecule has 0 radical (unpaired) electrons. The van der Waals surface area contributed by atoms with Crippen LogP contribution in [0.25, 0.3) is 6.08 Å². The molecule has 0 fully saturated rings. The number of carbonyl (C=O) groups is 3. The molecular weight excluding hydrogens is 378 g/mol. The number of benzene rings is 2. The van der Waals surface area contributed by atoms with E-state index in [2.05, 4.69) is 13.8 Å². The van der Waals surface area contributed by atoms with Crippen molar-refractivity contribution in [1.29, 1.82) is 0 Å². The van der Waals surface area contributed by atoms with E-state index in [9.17, 15) is 14.4 Å². The highest BCUT2D eigenvalue weighted by Crippen LogP contribution is 2.35. The average molecular weight is 403 g/mol. The number of hydrogen-bond acceptors (Lipinski definition) is 4. The monoisotopic (exact) mass is 403 g/mol. The lowest BCUT2D eigenvalue weighted by Crippen LogP contribution is -2.24. The fourth-order valence-corrected chi connectivity index (χ4v) is 3.50. The van der Waals surface area contributed by atoms with Crippen molar-refractivity contribution in [1.82, 2.24) is 0 Å². The molecule has 0 unspecified atom stereocenters. The molecule has 0 saturated heterocycles. The van der Waals surface area contributed by atoms with Crippen LogP contribution < -0.4 is 4.90 Å². The van der Waals surface area contributed by atoms with Crippen molar-refractivity contribution in [2.24, 2.45) is 0 Å². The average Bonchev–Trinajstić information content (AvgIpc) is 2.97. The van der Waals surface area contributed by atoms with Gasteiger partial charge in [0.2, 0.25) is 0 Å². The molecular formula is C25H25NO4. The molecule has 0 N–H and O–H groups in total. The predicted molar refractivity (Wildman–Crippen MR) is 117 cm³/mol. The number of amides is 1. The maximum Gasteiger partial charge on any atom is 0.340 e. The van der Waals surface area contributed by atoms with E-state index in [1.54, 1.807) is 37.3 Å². The molecule has 30 heavy (non-hydrogen) atoms. The summed E-state index contributed by atoms with van der Waals surface area (Å²) in [6.07, 6.45) is 1.71. The third-order valence-electron chi connectivity index (χ3n) is 5.21. The number of carbonyl (C=O) groups excluding carboxylic acids is 3. The van der Waals surface area contributed by atoms with Crippen LogP contribution in [0.1, 0.15) is 55.1 Å². The molecule has 0 spiro atoms. The summed E-state index contributed by atoms with van der Waals surface area (Å²) < 4.78 is 4.95. The van der Waals surface area contributed by atoms with Crippen LogP contribution in [-0.4, -0.2) is 24.8 Å². The van der Waals surface area contributed by atoms with Gasteiger partial charge in [0.15, 0.2) is 5.78 Å². The molecule has 154 valence electrons. The molecule has 1 heterocycles. The fraction of sp³-hybridized carbons (Fsp3) is 0.240. The summed E-state index contributed by atoms with van der Waals surface area (Å²) in [5.74, 6) is -0.603. The summed E-state index contributed by atoms with van der Waals surface area (Å²) in [6.45, 7) is 7.40. The first-order valence-corrected chi connectivity index (χ1v) is 9.81. The van der Waals surface area contributed by atoms with E-state index in [0.717, 1.165) is 5.56 Å². The number of nitrogens with zero attached hydrogens (tertiary/aromatic N) is 1. The molecule has 5 heteroatoms. The quantitative estimate of drug-likeness (QED) is 0.405. The normalized spacial score (nSPS) is 15.3. The van der Waals surface area contributed by atoms with Crippen LogP contribution in [0.3, 0.4) is 0 Å². The zero-order valence-electron chi connectivity index (χ0n) is 17.9. The van der Waals surface area contributed by atoms with Gasteiger partial charge in [-0.3, -0.25) is 14.5 Å². The Morgan fingerprint density at radius 1 is 1.07 bits per heavy atom. The van der Waals surface area contributed by atoms with Gasteiger partial charge >= 0.3 is 5.97 Å². The zero-order valence-corrected chi connectivity index (χ0v) is 17.9. The highest BCUT2D eigenvalue weighted by atomic mass is 16.5. The van der Waals surface area contributed by atoms with Crippen molar-refractivity contribution in [2.75, 3.05) is 12.0 Å². The van der Waals surface area contributed by atoms with Gasteiger partial charge < -0.3 is 4.74 Å². The third kappa shape index (κ3) is 3.96. The summed E-state index contributed by atoms with van der Waals surface area (Å²) in [6, 6.07) is 14.7. The second-order valence-electron chi connectivity index (χ2n) is 7.58. The summed E-state index contributed by atoms with van der Waals surface area (Å²) in [7, 11) is 1.29. The lowest BCUT2D eigenvalue weighted by Gasteiger charge is -2.18. The minimum atomic E-state index is -0.573.